The van der Waals surface area contributed by atoms with Gasteiger partial charge in [-0.1, -0.05) is 6.07 Å². The van der Waals surface area contributed by atoms with E-state index < -0.39 is 12.1 Å². The maximum Gasteiger partial charge on any atom is 0.269 e. The monoisotopic (exact) mass is 402 g/mol. The van der Waals surface area contributed by atoms with E-state index >= 15 is 0 Å². The van der Waals surface area contributed by atoms with Crippen LogP contribution in [-0.4, -0.2) is 53.3 Å². The first-order chi connectivity index (χ1) is 14.0. The van der Waals surface area contributed by atoms with E-state index in [1.54, 1.807) is 24.3 Å². The third-order valence-corrected chi connectivity index (χ3v) is 3.84. The Balaban J connectivity index is 2.12. The van der Waals surface area contributed by atoms with E-state index in [1.165, 1.54) is 12.3 Å². The van der Waals surface area contributed by atoms with Gasteiger partial charge in [-0.3, -0.25) is 15.2 Å². The van der Waals surface area contributed by atoms with Crippen molar-refractivity contribution < 1.29 is 24.5 Å². The number of benzene rings is 1. The average molecular weight is 402 g/mol. The molecule has 0 fully saturated rings. The van der Waals surface area contributed by atoms with E-state index in [0.717, 1.165) is 0 Å². The number of ether oxygens (including phenoxy) is 2. The van der Waals surface area contributed by atoms with Crippen molar-refractivity contribution in [2.75, 3.05) is 26.4 Å². The quantitative estimate of drug-likeness (QED) is 0.229. The molecule has 1 amide bonds. The Bertz CT molecular complexity index is 843. The number of amidine groups is 1. The summed E-state index contributed by atoms with van der Waals surface area (Å²) in [5, 5.41) is 32.7. The number of pyridine rings is 1. The molecule has 2 rings (SSSR count). The number of aliphatic hydroxyl groups excluding tert-OH is 2. The average Bonchev–Trinajstić information content (AvgIpc) is 2.73. The molecule has 0 spiro atoms. The number of hydrogen-bond donors (Lipinski definition) is 5. The lowest BCUT2D eigenvalue weighted by Gasteiger charge is -2.18. The molecule has 0 bridgehead atoms. The lowest BCUT2D eigenvalue weighted by molar-refractivity contribution is 0.0940. The lowest BCUT2D eigenvalue weighted by Crippen LogP contribution is -2.30. The van der Waals surface area contributed by atoms with Crippen LogP contribution in [0.3, 0.4) is 0 Å². The Morgan fingerprint density at radius 2 is 1.90 bits per heavy atom. The molecule has 9 nitrogen and oxygen atoms in total. The fourth-order valence-corrected chi connectivity index (χ4v) is 2.51. The summed E-state index contributed by atoms with van der Waals surface area (Å²) in [5.74, 6) is 0.545. The first kappa shape index (κ1) is 22.1. The van der Waals surface area contributed by atoms with Gasteiger partial charge >= 0.3 is 0 Å². The van der Waals surface area contributed by atoms with E-state index in [1.807, 2.05) is 13.8 Å². The highest BCUT2D eigenvalue weighted by Gasteiger charge is 2.15. The first-order valence-corrected chi connectivity index (χ1v) is 9.28. The lowest BCUT2D eigenvalue weighted by atomic mass is 10.1. The van der Waals surface area contributed by atoms with Crippen LogP contribution in [0.1, 0.15) is 41.7 Å². The zero-order valence-corrected chi connectivity index (χ0v) is 16.4. The largest absolute Gasteiger partial charge is 0.490 e. The normalized spacial score (nSPS) is 11.4. The molecule has 0 saturated carbocycles. The summed E-state index contributed by atoms with van der Waals surface area (Å²) in [5.41, 5.74) is 0.984. The zero-order valence-electron chi connectivity index (χ0n) is 16.4. The molecule has 5 N–H and O–H groups in total. The highest BCUT2D eigenvalue weighted by atomic mass is 16.5. The number of amides is 1. The molecule has 29 heavy (non-hydrogen) atoms. The van der Waals surface area contributed by atoms with Crippen molar-refractivity contribution in [2.24, 2.45) is 0 Å². The molecule has 1 heterocycles. The predicted molar refractivity (Wildman–Crippen MR) is 107 cm³/mol. The van der Waals surface area contributed by atoms with E-state index in [0.29, 0.717) is 35.8 Å². The van der Waals surface area contributed by atoms with Crippen molar-refractivity contribution in [3.8, 4) is 11.5 Å². The van der Waals surface area contributed by atoms with Gasteiger partial charge in [0, 0.05) is 23.9 Å². The number of carbonyl (C=O) groups excluding carboxylic acids is 1. The van der Waals surface area contributed by atoms with Gasteiger partial charge in [0.25, 0.3) is 5.91 Å². The molecule has 1 unspecified atom stereocenters. The fraction of sp³-hybridized carbons (Fsp3) is 0.350. The molecule has 0 aliphatic rings. The predicted octanol–water partition coefficient (Wildman–Crippen LogP) is 1.21. The number of aliphatic hydroxyl groups is 2. The van der Waals surface area contributed by atoms with Gasteiger partial charge in [-0.25, -0.2) is 0 Å². The smallest absolute Gasteiger partial charge is 0.269 e. The number of nitrogens with one attached hydrogen (secondary N) is 3. The van der Waals surface area contributed by atoms with Crippen LogP contribution in [0.5, 0.6) is 11.5 Å². The van der Waals surface area contributed by atoms with Gasteiger partial charge in [-0.2, -0.15) is 0 Å². The summed E-state index contributed by atoms with van der Waals surface area (Å²) in [4.78, 5) is 15.9. The van der Waals surface area contributed by atoms with E-state index in [4.69, 9.17) is 20.0 Å². The molecule has 0 aliphatic heterocycles. The molecule has 9 heteroatoms. The minimum absolute atomic E-state index is 0.0806. The Morgan fingerprint density at radius 3 is 2.59 bits per heavy atom. The summed E-state index contributed by atoms with van der Waals surface area (Å²) in [7, 11) is 0. The molecule has 1 aromatic carbocycles. The molecular weight excluding hydrogens is 376 g/mol. The third-order valence-electron chi connectivity index (χ3n) is 3.84. The minimum atomic E-state index is -1.17. The fourth-order valence-electron chi connectivity index (χ4n) is 2.51. The molecule has 156 valence electrons. The van der Waals surface area contributed by atoms with Crippen molar-refractivity contribution in [1.29, 1.82) is 5.41 Å². The summed E-state index contributed by atoms with van der Waals surface area (Å²) in [6.07, 6.45) is 0.229. The zero-order chi connectivity index (χ0) is 21.2. The van der Waals surface area contributed by atoms with Crippen LogP contribution in [0.15, 0.2) is 36.5 Å². The summed E-state index contributed by atoms with van der Waals surface area (Å²) in [6.45, 7) is 4.58. The van der Waals surface area contributed by atoms with Crippen molar-refractivity contribution in [3.05, 3.63) is 53.3 Å². The van der Waals surface area contributed by atoms with Crippen LogP contribution in [0, 0.1) is 5.41 Å². The van der Waals surface area contributed by atoms with Crippen LogP contribution < -0.4 is 20.1 Å². The van der Waals surface area contributed by atoms with Crippen LogP contribution >= 0.6 is 0 Å². The molecule has 0 saturated heterocycles. The standard InChI is InChI=1S/C20H26N4O5/c1-3-28-16-6-5-14(12-17(16)29-4-2)19(26)24-18(21)13-7-8-22-15(11-13)20(27)23-9-10-25/h5-8,11-12,19,25-26H,3-4,9-10H2,1-2H3,(H2,21,24)(H,23,27). The summed E-state index contributed by atoms with van der Waals surface area (Å²) >= 11 is 0. The maximum atomic E-state index is 12.0. The number of hydrogen-bond acceptors (Lipinski definition) is 7. The third kappa shape index (κ3) is 6.16. The van der Waals surface area contributed by atoms with Crippen molar-refractivity contribution >= 4 is 11.7 Å². The SMILES string of the molecule is CCOc1ccc(C(O)NC(=N)c2ccnc(C(=O)NCCO)c2)cc1OCC. The summed E-state index contributed by atoms with van der Waals surface area (Å²) in [6, 6.07) is 8.01. The maximum absolute atomic E-state index is 12.0. The van der Waals surface area contributed by atoms with Crippen LogP contribution in [0.4, 0.5) is 0 Å². The van der Waals surface area contributed by atoms with Crippen LogP contribution in [0.25, 0.3) is 0 Å². The second kappa shape index (κ2) is 11.0. The van der Waals surface area contributed by atoms with Crippen molar-refractivity contribution in [2.45, 2.75) is 20.1 Å². The molecule has 0 radical (unpaired) electrons. The molecule has 1 atom stereocenters. The van der Waals surface area contributed by atoms with Gasteiger partial charge in [-0.05, 0) is 38.1 Å². The van der Waals surface area contributed by atoms with E-state index in [2.05, 4.69) is 15.6 Å². The number of aromatic nitrogens is 1. The highest BCUT2D eigenvalue weighted by Crippen LogP contribution is 2.30. The Hall–Kier alpha value is -3.17. The molecule has 2 aromatic rings. The first-order valence-electron chi connectivity index (χ1n) is 9.28. The summed E-state index contributed by atoms with van der Waals surface area (Å²) < 4.78 is 11.1. The Morgan fingerprint density at radius 1 is 1.17 bits per heavy atom. The second-order valence-electron chi connectivity index (χ2n) is 5.90. The Kier molecular flexibility index (Phi) is 8.38. The number of rotatable bonds is 10. The number of carbonyl (C=O) groups is 1. The molecule has 1 aromatic heterocycles. The topological polar surface area (TPSA) is 137 Å². The molecule has 0 aliphatic carbocycles. The van der Waals surface area contributed by atoms with Crippen molar-refractivity contribution in [1.82, 2.24) is 15.6 Å². The van der Waals surface area contributed by atoms with Crippen LogP contribution in [-0.2, 0) is 0 Å². The van der Waals surface area contributed by atoms with Crippen molar-refractivity contribution in [3.63, 3.8) is 0 Å². The van der Waals surface area contributed by atoms with Gasteiger partial charge in [0.15, 0.2) is 17.7 Å². The van der Waals surface area contributed by atoms with E-state index in [-0.39, 0.29) is 24.7 Å². The van der Waals surface area contributed by atoms with Gasteiger partial charge in [0.2, 0.25) is 0 Å². The van der Waals surface area contributed by atoms with E-state index in [9.17, 15) is 9.90 Å². The van der Waals surface area contributed by atoms with Gasteiger partial charge in [0.1, 0.15) is 11.5 Å². The van der Waals surface area contributed by atoms with Gasteiger partial charge in [-0.15, -0.1) is 0 Å². The van der Waals surface area contributed by atoms with Crippen LogP contribution in [0.2, 0.25) is 0 Å². The Labute approximate surface area is 169 Å². The van der Waals surface area contributed by atoms with Gasteiger partial charge in [0.05, 0.1) is 19.8 Å². The minimum Gasteiger partial charge on any atom is -0.490 e. The molecular formula is C20H26N4O5. The second-order valence-corrected chi connectivity index (χ2v) is 5.90. The highest BCUT2D eigenvalue weighted by molar-refractivity contribution is 5.99. The number of nitrogens with zero attached hydrogens (tertiary/aromatic N) is 1. The van der Waals surface area contributed by atoms with Gasteiger partial charge < -0.3 is 30.3 Å².